The molecule has 4 rings (SSSR count). The summed E-state index contributed by atoms with van der Waals surface area (Å²) < 4.78 is 12.8. The monoisotopic (exact) mass is 404 g/mol. The van der Waals surface area contributed by atoms with E-state index in [9.17, 15) is 4.79 Å². The molecular weight excluding hydrogens is 384 g/mol. The van der Waals surface area contributed by atoms with Crippen LogP contribution in [-0.2, 0) is 9.53 Å². The van der Waals surface area contributed by atoms with Crippen LogP contribution in [0.4, 0.5) is 5.82 Å². The lowest BCUT2D eigenvalue weighted by atomic mass is 10.3. The van der Waals surface area contributed by atoms with Crippen molar-refractivity contribution in [2.45, 2.75) is 13.0 Å². The summed E-state index contributed by atoms with van der Waals surface area (Å²) in [6.07, 6.45) is 3.73. The smallest absolute Gasteiger partial charge is 0.269 e. The Morgan fingerprint density at radius 2 is 1.93 bits per heavy atom. The lowest BCUT2D eigenvalue weighted by Crippen LogP contribution is -2.37. The van der Waals surface area contributed by atoms with Crippen LogP contribution >= 0.6 is 0 Å². The van der Waals surface area contributed by atoms with Crippen LogP contribution in [0.1, 0.15) is 5.56 Å². The summed E-state index contributed by atoms with van der Waals surface area (Å²) in [5.74, 6) is 0.284. The molecule has 0 spiro atoms. The Labute approximate surface area is 172 Å². The van der Waals surface area contributed by atoms with E-state index in [1.807, 2.05) is 43.3 Å². The summed E-state index contributed by atoms with van der Waals surface area (Å²) in [5.41, 5.74) is 2.42. The third kappa shape index (κ3) is 4.11. The number of rotatable bonds is 7. The number of amides is 1. The second-order valence-electron chi connectivity index (χ2n) is 6.58. The number of pyridine rings is 1. The molecule has 152 valence electrons. The number of fused-ring (bicyclic) bond motifs is 1. The summed E-state index contributed by atoms with van der Waals surface area (Å²) >= 11 is 0. The predicted octanol–water partition coefficient (Wildman–Crippen LogP) is 2.55. The Balaban J connectivity index is 1.59. The Morgan fingerprint density at radius 1 is 1.10 bits per heavy atom. The predicted molar refractivity (Wildman–Crippen MR) is 111 cm³/mol. The minimum Gasteiger partial charge on any atom is -0.461 e. The van der Waals surface area contributed by atoms with Crippen LogP contribution < -0.4 is 10.1 Å². The fourth-order valence-electron chi connectivity index (χ4n) is 2.87. The number of ether oxygens (including phenoxy) is 2. The number of aryl methyl sites for hydroxylation is 1. The van der Waals surface area contributed by atoms with Crippen LogP contribution in [0.25, 0.3) is 16.7 Å². The van der Waals surface area contributed by atoms with Crippen LogP contribution in [0.3, 0.4) is 0 Å². The van der Waals surface area contributed by atoms with E-state index < -0.39 is 12.0 Å². The number of para-hydroxylation sites is 1. The maximum Gasteiger partial charge on any atom is 0.269 e. The maximum atomic E-state index is 12.7. The van der Waals surface area contributed by atoms with Crippen molar-refractivity contribution in [3.63, 3.8) is 0 Å². The van der Waals surface area contributed by atoms with E-state index in [1.165, 1.54) is 13.4 Å². The molecule has 0 aliphatic heterocycles. The molecule has 0 saturated carbocycles. The molecule has 4 aromatic rings. The van der Waals surface area contributed by atoms with Gasteiger partial charge in [-0.05, 0) is 30.7 Å². The quantitative estimate of drug-likeness (QED) is 0.505. The topological polar surface area (TPSA) is 104 Å². The Hall–Kier alpha value is -3.85. The zero-order valence-corrected chi connectivity index (χ0v) is 16.5. The van der Waals surface area contributed by atoms with Gasteiger partial charge in [0.25, 0.3) is 5.91 Å². The van der Waals surface area contributed by atoms with Crippen LogP contribution in [0.2, 0.25) is 0 Å². The number of methoxy groups -OCH3 is 1. The van der Waals surface area contributed by atoms with Crippen LogP contribution in [0.5, 0.6) is 5.88 Å². The molecule has 0 aliphatic rings. The van der Waals surface area contributed by atoms with E-state index in [2.05, 4.69) is 25.4 Å². The molecule has 9 heteroatoms. The Kier molecular flexibility index (Phi) is 5.62. The summed E-state index contributed by atoms with van der Waals surface area (Å²) in [6.45, 7) is 1.96. The van der Waals surface area contributed by atoms with Gasteiger partial charge in [-0.2, -0.15) is 5.10 Å². The molecule has 9 nitrogen and oxygen atoms in total. The van der Waals surface area contributed by atoms with Crippen molar-refractivity contribution in [3.05, 3.63) is 66.7 Å². The first-order chi connectivity index (χ1) is 14.7. The summed E-state index contributed by atoms with van der Waals surface area (Å²) in [6, 6.07) is 13.2. The first-order valence-corrected chi connectivity index (χ1v) is 9.29. The number of nitrogens with one attached hydrogen (secondary N) is 1. The molecule has 3 heterocycles. The van der Waals surface area contributed by atoms with Crippen molar-refractivity contribution in [2.24, 2.45) is 0 Å². The number of aromatic nitrogens is 5. The van der Waals surface area contributed by atoms with E-state index in [-0.39, 0.29) is 12.5 Å². The minimum absolute atomic E-state index is 0.0377. The van der Waals surface area contributed by atoms with Gasteiger partial charge < -0.3 is 14.8 Å². The first-order valence-electron chi connectivity index (χ1n) is 9.29. The zero-order chi connectivity index (χ0) is 20.9. The number of anilines is 1. The highest BCUT2D eigenvalue weighted by atomic mass is 16.5. The normalized spacial score (nSPS) is 11.9. The molecule has 1 aromatic carbocycles. The molecule has 0 aliphatic carbocycles. The number of benzene rings is 1. The van der Waals surface area contributed by atoms with E-state index >= 15 is 0 Å². The SMILES string of the molecule is COCC(Oc1ncnc2c1cnn2-c1ccccc1)C(=O)Nc1ccc(C)cn1. The van der Waals surface area contributed by atoms with Gasteiger partial charge in [0.15, 0.2) is 5.65 Å². The van der Waals surface area contributed by atoms with Gasteiger partial charge in [-0.15, -0.1) is 0 Å². The number of carbonyl (C=O) groups excluding carboxylic acids is 1. The van der Waals surface area contributed by atoms with E-state index in [0.29, 0.717) is 16.9 Å². The third-order valence-corrected chi connectivity index (χ3v) is 4.36. The van der Waals surface area contributed by atoms with E-state index in [1.54, 1.807) is 23.1 Å². The average molecular weight is 404 g/mol. The van der Waals surface area contributed by atoms with Crippen molar-refractivity contribution < 1.29 is 14.3 Å². The van der Waals surface area contributed by atoms with Gasteiger partial charge in [-0.25, -0.2) is 19.6 Å². The molecule has 1 atom stereocenters. The Bertz CT molecular complexity index is 1140. The molecule has 0 bridgehead atoms. The lowest BCUT2D eigenvalue weighted by Gasteiger charge is -2.17. The zero-order valence-electron chi connectivity index (χ0n) is 16.5. The molecule has 3 aromatic heterocycles. The second-order valence-corrected chi connectivity index (χ2v) is 6.58. The van der Waals surface area contributed by atoms with Crippen molar-refractivity contribution in [2.75, 3.05) is 19.0 Å². The van der Waals surface area contributed by atoms with Gasteiger partial charge >= 0.3 is 0 Å². The summed E-state index contributed by atoms with van der Waals surface area (Å²) in [4.78, 5) is 25.4. The van der Waals surface area contributed by atoms with Gasteiger partial charge in [0.05, 0.1) is 18.5 Å². The maximum absolute atomic E-state index is 12.7. The highest BCUT2D eigenvalue weighted by Gasteiger charge is 2.23. The molecular formula is C21H20N6O3. The molecule has 1 unspecified atom stereocenters. The second kappa shape index (κ2) is 8.66. The minimum atomic E-state index is -0.934. The number of carbonyl (C=O) groups is 1. The summed E-state index contributed by atoms with van der Waals surface area (Å²) in [7, 11) is 1.50. The van der Waals surface area contributed by atoms with Crippen molar-refractivity contribution in [1.29, 1.82) is 0 Å². The number of nitrogens with zero attached hydrogens (tertiary/aromatic N) is 5. The average Bonchev–Trinajstić information content (AvgIpc) is 3.21. The van der Waals surface area contributed by atoms with Crippen molar-refractivity contribution in [1.82, 2.24) is 24.7 Å². The van der Waals surface area contributed by atoms with Crippen molar-refractivity contribution in [3.8, 4) is 11.6 Å². The number of hydrogen-bond acceptors (Lipinski definition) is 7. The third-order valence-electron chi connectivity index (χ3n) is 4.36. The number of hydrogen-bond donors (Lipinski definition) is 1. The van der Waals surface area contributed by atoms with Gasteiger partial charge in [0, 0.05) is 13.3 Å². The largest absolute Gasteiger partial charge is 0.461 e. The lowest BCUT2D eigenvalue weighted by molar-refractivity contribution is -0.125. The van der Waals surface area contributed by atoms with Crippen molar-refractivity contribution >= 4 is 22.8 Å². The van der Waals surface area contributed by atoms with Gasteiger partial charge in [0.2, 0.25) is 12.0 Å². The van der Waals surface area contributed by atoms with Gasteiger partial charge in [-0.1, -0.05) is 24.3 Å². The van der Waals surface area contributed by atoms with E-state index in [4.69, 9.17) is 9.47 Å². The highest BCUT2D eigenvalue weighted by Crippen LogP contribution is 2.24. The molecule has 1 amide bonds. The standard InChI is InChI=1S/C21H20N6O3/c1-14-8-9-18(22-10-14)26-20(28)17(12-29-2)30-21-16-11-25-27(19(16)23-13-24-21)15-6-4-3-5-7-15/h3-11,13,17H,12H2,1-2H3,(H,22,26,28). The van der Waals surface area contributed by atoms with Crippen LogP contribution in [0.15, 0.2) is 61.2 Å². The van der Waals surface area contributed by atoms with Gasteiger partial charge in [0.1, 0.15) is 17.5 Å². The Morgan fingerprint density at radius 3 is 2.67 bits per heavy atom. The fourth-order valence-corrected chi connectivity index (χ4v) is 2.87. The molecule has 1 N–H and O–H groups in total. The first kappa shape index (κ1) is 19.5. The fraction of sp³-hybridized carbons (Fsp3) is 0.190. The molecule has 0 saturated heterocycles. The van der Waals surface area contributed by atoms with Crippen LogP contribution in [0, 0.1) is 6.92 Å². The van der Waals surface area contributed by atoms with Crippen LogP contribution in [-0.4, -0.2) is 50.5 Å². The molecule has 30 heavy (non-hydrogen) atoms. The van der Waals surface area contributed by atoms with Gasteiger partial charge in [-0.3, -0.25) is 4.79 Å². The molecule has 0 fully saturated rings. The molecule has 0 radical (unpaired) electrons. The highest BCUT2D eigenvalue weighted by molar-refractivity contribution is 5.94. The van der Waals surface area contributed by atoms with E-state index in [0.717, 1.165) is 11.3 Å². The summed E-state index contributed by atoms with van der Waals surface area (Å²) in [5, 5.41) is 7.71.